The van der Waals surface area contributed by atoms with Crippen LogP contribution in [0.2, 0.25) is 0 Å². The lowest BCUT2D eigenvalue weighted by atomic mass is 9.81. The SMILES string of the molecule is C1=CCC1.C1=CCCCCCC1.C=CCC(C)CC=C.C=CCCCCCCC=CCC(C)(CC)CC=C.CCC. The molecule has 0 nitrogen and oxygen atoms in total. The average Bonchev–Trinajstić information content (AvgIpc) is 2.88. The molecule has 0 amide bonds. The minimum Gasteiger partial charge on any atom is -0.103 e. The molecule has 0 N–H and O–H groups in total. The van der Waals surface area contributed by atoms with E-state index in [0.29, 0.717) is 5.41 Å². The van der Waals surface area contributed by atoms with Gasteiger partial charge in [-0.25, -0.2) is 0 Å². The van der Waals surface area contributed by atoms with Crippen LogP contribution < -0.4 is 0 Å². The van der Waals surface area contributed by atoms with E-state index in [0.717, 1.165) is 25.2 Å². The smallest absolute Gasteiger partial charge is 0.0260 e. The first-order valence-electron chi connectivity index (χ1n) is 17.3. The molecule has 0 aliphatic heterocycles. The van der Waals surface area contributed by atoms with Crippen LogP contribution in [0.1, 0.15) is 163 Å². The third-order valence-electron chi connectivity index (χ3n) is 7.26. The van der Waals surface area contributed by atoms with Gasteiger partial charge in [-0.05, 0) is 101 Å². The molecule has 1 unspecified atom stereocenters. The van der Waals surface area contributed by atoms with Crippen molar-refractivity contribution in [3.63, 3.8) is 0 Å². The Hall–Kier alpha value is -1.82. The van der Waals surface area contributed by atoms with Gasteiger partial charge in [0.2, 0.25) is 0 Å². The van der Waals surface area contributed by atoms with E-state index in [2.05, 4.69) is 103 Å². The fourth-order valence-electron chi connectivity index (χ4n) is 4.06. The van der Waals surface area contributed by atoms with E-state index in [1.165, 1.54) is 109 Å². The standard InChI is InChI=1S/C18H32.2C8H14.C4H6.C3H8/c1-5-8-9-10-11-12-13-14-15-17-18(4,7-3)16-6-2;1-2-4-6-8-7-5-3-1;1-4-6-8(3)7-5-2;1-2-4-3-1;1-3-2/h5-6,14-15H,1-2,7-13,16-17H2,3-4H3;1-2H,3-8H2;4-5,8H,1-2,6-7H2,3H3;1-2H,3-4H2;3H2,1-2H3. The molecule has 2 rings (SSSR count). The summed E-state index contributed by atoms with van der Waals surface area (Å²) in [5.74, 6) is 0.727. The number of hydrogen-bond acceptors (Lipinski definition) is 0. The van der Waals surface area contributed by atoms with Gasteiger partial charge in [0, 0.05) is 0 Å². The largest absolute Gasteiger partial charge is 0.103 e. The zero-order valence-corrected chi connectivity index (χ0v) is 28.8. The van der Waals surface area contributed by atoms with Crippen molar-refractivity contribution < 1.29 is 0 Å². The van der Waals surface area contributed by atoms with Gasteiger partial charge in [0.25, 0.3) is 0 Å². The third kappa shape index (κ3) is 40.4. The Labute approximate surface area is 261 Å². The van der Waals surface area contributed by atoms with E-state index < -0.39 is 0 Å². The van der Waals surface area contributed by atoms with Crippen LogP contribution in [0.5, 0.6) is 0 Å². The van der Waals surface area contributed by atoms with Crippen LogP contribution in [0.4, 0.5) is 0 Å². The van der Waals surface area contributed by atoms with Crippen LogP contribution in [0.15, 0.2) is 87.1 Å². The summed E-state index contributed by atoms with van der Waals surface area (Å²) in [6.45, 7) is 26.0. The van der Waals surface area contributed by atoms with Gasteiger partial charge in [-0.2, -0.15) is 0 Å². The van der Waals surface area contributed by atoms with Crippen molar-refractivity contribution in [3.05, 3.63) is 87.1 Å². The summed E-state index contributed by atoms with van der Waals surface area (Å²) < 4.78 is 0. The van der Waals surface area contributed by atoms with Crippen LogP contribution in [-0.2, 0) is 0 Å². The van der Waals surface area contributed by atoms with Crippen molar-refractivity contribution in [2.45, 2.75) is 163 Å². The molecule has 0 spiro atoms. The van der Waals surface area contributed by atoms with Crippen LogP contribution >= 0.6 is 0 Å². The lowest BCUT2D eigenvalue weighted by molar-refractivity contribution is 0.319. The Morgan fingerprint density at radius 1 is 0.610 bits per heavy atom. The lowest BCUT2D eigenvalue weighted by Gasteiger charge is -2.25. The molecule has 0 aromatic rings. The van der Waals surface area contributed by atoms with Crippen LogP contribution in [0.3, 0.4) is 0 Å². The Balaban J connectivity index is -0.000000515. The molecule has 0 bridgehead atoms. The molecule has 0 heterocycles. The fraction of sp³-hybridized carbons (Fsp3) is 0.659. The van der Waals surface area contributed by atoms with Gasteiger partial charge in [-0.3, -0.25) is 0 Å². The van der Waals surface area contributed by atoms with Gasteiger partial charge in [0.05, 0.1) is 0 Å². The lowest BCUT2D eigenvalue weighted by Crippen LogP contribution is -2.12. The molecule has 0 saturated carbocycles. The molecule has 41 heavy (non-hydrogen) atoms. The highest BCUT2D eigenvalue weighted by Crippen LogP contribution is 2.30. The Bertz CT molecular complexity index is 604. The van der Waals surface area contributed by atoms with E-state index in [9.17, 15) is 0 Å². The summed E-state index contributed by atoms with van der Waals surface area (Å²) >= 11 is 0. The number of allylic oxidation sites excluding steroid dienone is 10. The minimum atomic E-state index is 0.419. The van der Waals surface area contributed by atoms with Gasteiger partial charge in [0.15, 0.2) is 0 Å². The topological polar surface area (TPSA) is 0 Å². The second kappa shape index (κ2) is 38.2. The average molecular weight is 567 g/mol. The molecular formula is C41H74. The zero-order chi connectivity index (χ0) is 31.3. The molecule has 0 saturated heterocycles. The van der Waals surface area contributed by atoms with Crippen LogP contribution in [-0.4, -0.2) is 0 Å². The highest BCUT2D eigenvalue weighted by atomic mass is 14.2. The van der Waals surface area contributed by atoms with Gasteiger partial charge in [0.1, 0.15) is 0 Å². The summed E-state index contributed by atoms with van der Waals surface area (Å²) in [6, 6.07) is 0. The van der Waals surface area contributed by atoms with E-state index in [1.54, 1.807) is 0 Å². The van der Waals surface area contributed by atoms with Gasteiger partial charge in [-0.15, -0.1) is 26.3 Å². The zero-order valence-electron chi connectivity index (χ0n) is 28.8. The summed E-state index contributed by atoms with van der Waals surface area (Å²) in [4.78, 5) is 0. The highest BCUT2D eigenvalue weighted by Gasteiger charge is 2.17. The van der Waals surface area contributed by atoms with E-state index in [4.69, 9.17) is 0 Å². The molecule has 2 aliphatic rings. The van der Waals surface area contributed by atoms with Crippen molar-refractivity contribution in [3.8, 4) is 0 Å². The number of unbranched alkanes of at least 4 members (excludes halogenated alkanes) is 5. The fourth-order valence-corrected chi connectivity index (χ4v) is 4.06. The van der Waals surface area contributed by atoms with E-state index >= 15 is 0 Å². The quantitative estimate of drug-likeness (QED) is 0.129. The Kier molecular flexibility index (Phi) is 40.6. The Morgan fingerprint density at radius 3 is 1.46 bits per heavy atom. The maximum atomic E-state index is 3.86. The second-order valence-electron chi connectivity index (χ2n) is 12.0. The molecule has 0 fully saturated rings. The van der Waals surface area contributed by atoms with Gasteiger partial charge < -0.3 is 0 Å². The van der Waals surface area contributed by atoms with E-state index in [1.807, 2.05) is 18.2 Å². The molecule has 2 aliphatic carbocycles. The maximum Gasteiger partial charge on any atom is -0.0260 e. The highest BCUT2D eigenvalue weighted by molar-refractivity contribution is 4.93. The van der Waals surface area contributed by atoms with Crippen molar-refractivity contribution in [2.24, 2.45) is 11.3 Å². The molecule has 238 valence electrons. The minimum absolute atomic E-state index is 0.419. The van der Waals surface area contributed by atoms with Gasteiger partial charge in [-0.1, -0.05) is 134 Å². The first-order valence-corrected chi connectivity index (χ1v) is 17.3. The van der Waals surface area contributed by atoms with Crippen molar-refractivity contribution >= 4 is 0 Å². The normalized spacial score (nSPS) is 14.9. The molecule has 1 atom stereocenters. The summed E-state index contributed by atoms with van der Waals surface area (Å²) in [6.07, 6.45) is 47.5. The molecule has 0 aromatic carbocycles. The molecule has 0 heteroatoms. The number of rotatable bonds is 16. The second-order valence-corrected chi connectivity index (χ2v) is 12.0. The van der Waals surface area contributed by atoms with Crippen LogP contribution in [0.25, 0.3) is 0 Å². The summed E-state index contributed by atoms with van der Waals surface area (Å²) in [5.41, 5.74) is 0.419. The molecular weight excluding hydrogens is 492 g/mol. The summed E-state index contributed by atoms with van der Waals surface area (Å²) in [7, 11) is 0. The van der Waals surface area contributed by atoms with Crippen molar-refractivity contribution in [2.75, 3.05) is 0 Å². The van der Waals surface area contributed by atoms with Crippen molar-refractivity contribution in [1.29, 1.82) is 0 Å². The van der Waals surface area contributed by atoms with E-state index in [-0.39, 0.29) is 0 Å². The third-order valence-corrected chi connectivity index (χ3v) is 7.26. The first kappa shape index (κ1) is 43.6. The monoisotopic (exact) mass is 567 g/mol. The van der Waals surface area contributed by atoms with Crippen molar-refractivity contribution in [1.82, 2.24) is 0 Å². The molecule has 0 aromatic heterocycles. The first-order chi connectivity index (χ1) is 19.9. The van der Waals surface area contributed by atoms with Gasteiger partial charge >= 0.3 is 0 Å². The summed E-state index contributed by atoms with van der Waals surface area (Å²) in [5, 5.41) is 0. The Morgan fingerprint density at radius 2 is 1.07 bits per heavy atom. The molecule has 0 radical (unpaired) electrons. The maximum absolute atomic E-state index is 3.86. The number of hydrogen-bond donors (Lipinski definition) is 0. The predicted octanol–water partition coefficient (Wildman–Crippen LogP) is 14.9. The predicted molar refractivity (Wildman–Crippen MR) is 195 cm³/mol. The van der Waals surface area contributed by atoms with Crippen LogP contribution in [0, 0.1) is 11.3 Å².